The van der Waals surface area contributed by atoms with Crippen LogP contribution in [0.15, 0.2) is 24.3 Å². The highest BCUT2D eigenvalue weighted by Crippen LogP contribution is 2.35. The van der Waals surface area contributed by atoms with E-state index in [1.807, 2.05) is 13.0 Å². The van der Waals surface area contributed by atoms with Crippen LogP contribution in [0.2, 0.25) is 0 Å². The molecule has 0 spiro atoms. The molecule has 1 N–H and O–H groups in total. The zero-order valence-corrected chi connectivity index (χ0v) is 17.8. The van der Waals surface area contributed by atoms with Crippen LogP contribution >= 0.6 is 0 Å². The molecule has 3 rings (SSSR count). The van der Waals surface area contributed by atoms with Crippen molar-refractivity contribution in [2.24, 2.45) is 0 Å². The highest BCUT2D eigenvalue weighted by Gasteiger charge is 2.35. The fourth-order valence-corrected chi connectivity index (χ4v) is 4.70. The summed E-state index contributed by atoms with van der Waals surface area (Å²) in [4.78, 5) is 14.4. The van der Waals surface area contributed by atoms with Gasteiger partial charge in [0, 0.05) is 36.4 Å². The van der Waals surface area contributed by atoms with Gasteiger partial charge in [0.1, 0.15) is 0 Å². The Morgan fingerprint density at radius 1 is 1.25 bits per heavy atom. The Kier molecular flexibility index (Phi) is 7.17. The normalized spacial score (nSPS) is 21.0. The number of hydrogen-bond acceptors (Lipinski definition) is 4. The maximum atomic E-state index is 11.7. The Balaban J connectivity index is 1.61. The van der Waals surface area contributed by atoms with Gasteiger partial charge in [-0.25, -0.2) is 4.79 Å². The molecule has 1 saturated carbocycles. The van der Waals surface area contributed by atoms with Crippen LogP contribution in [0.4, 0.5) is 5.69 Å². The molecule has 0 atom stereocenters. The van der Waals surface area contributed by atoms with Crippen molar-refractivity contribution in [3.05, 3.63) is 35.4 Å². The highest BCUT2D eigenvalue weighted by atomic mass is 16.5. The standard InChI is InChI=1S/C24H36N2O2/c1-4-28-23(27)11-10-20-9-8-19(2)18-22(20)25-21-12-16-26(17-13-21)24(3)14-6-5-7-15-24/h8-11,18,21,25H,4-7,12-17H2,1-3H3/b11-10+. The molecule has 0 amide bonds. The van der Waals surface area contributed by atoms with Crippen molar-refractivity contribution >= 4 is 17.7 Å². The fourth-order valence-electron chi connectivity index (χ4n) is 4.70. The molecule has 1 aliphatic heterocycles. The maximum Gasteiger partial charge on any atom is 0.330 e. The molecule has 0 unspecified atom stereocenters. The van der Waals surface area contributed by atoms with Crippen molar-refractivity contribution in [1.82, 2.24) is 4.90 Å². The summed E-state index contributed by atoms with van der Waals surface area (Å²) >= 11 is 0. The summed E-state index contributed by atoms with van der Waals surface area (Å²) in [6, 6.07) is 6.83. The summed E-state index contributed by atoms with van der Waals surface area (Å²) in [7, 11) is 0. The third kappa shape index (κ3) is 5.38. The van der Waals surface area contributed by atoms with Crippen molar-refractivity contribution in [2.75, 3.05) is 25.0 Å². The molecule has 1 aliphatic carbocycles. The lowest BCUT2D eigenvalue weighted by atomic mass is 9.80. The first kappa shape index (κ1) is 20.9. The molecule has 1 aromatic rings. The zero-order valence-electron chi connectivity index (χ0n) is 17.8. The van der Waals surface area contributed by atoms with Crippen molar-refractivity contribution in [3.63, 3.8) is 0 Å². The van der Waals surface area contributed by atoms with Gasteiger partial charge < -0.3 is 10.1 Å². The molecular weight excluding hydrogens is 348 g/mol. The highest BCUT2D eigenvalue weighted by molar-refractivity contribution is 5.88. The summed E-state index contributed by atoms with van der Waals surface area (Å²) in [5.74, 6) is -0.289. The largest absolute Gasteiger partial charge is 0.463 e. The number of nitrogens with one attached hydrogen (secondary N) is 1. The molecule has 4 heteroatoms. The molecular formula is C24H36N2O2. The molecule has 0 bridgehead atoms. The fraction of sp³-hybridized carbons (Fsp3) is 0.625. The predicted molar refractivity (Wildman–Crippen MR) is 117 cm³/mol. The molecule has 0 aromatic heterocycles. The number of likely N-dealkylation sites (tertiary alicyclic amines) is 1. The number of carbonyl (C=O) groups excluding carboxylic acids is 1. The third-order valence-electron chi connectivity index (χ3n) is 6.44. The van der Waals surface area contributed by atoms with Crippen molar-refractivity contribution in [3.8, 4) is 0 Å². The first-order chi connectivity index (χ1) is 13.5. The lowest BCUT2D eigenvalue weighted by Crippen LogP contribution is -2.52. The molecule has 1 aromatic carbocycles. The van der Waals surface area contributed by atoms with E-state index in [1.54, 1.807) is 0 Å². The van der Waals surface area contributed by atoms with E-state index < -0.39 is 0 Å². The van der Waals surface area contributed by atoms with E-state index >= 15 is 0 Å². The average Bonchev–Trinajstić information content (AvgIpc) is 2.69. The van der Waals surface area contributed by atoms with Gasteiger partial charge in [-0.2, -0.15) is 0 Å². The predicted octanol–water partition coefficient (Wildman–Crippen LogP) is 5.17. The number of anilines is 1. The SMILES string of the molecule is CCOC(=O)/C=C/c1ccc(C)cc1NC1CCN(C2(C)CCCCC2)CC1. The number of rotatable bonds is 6. The average molecular weight is 385 g/mol. The van der Waals surface area contributed by atoms with Crippen molar-refractivity contribution in [1.29, 1.82) is 0 Å². The molecule has 2 fully saturated rings. The van der Waals surface area contributed by atoms with Gasteiger partial charge in [-0.3, -0.25) is 4.90 Å². The number of hydrogen-bond donors (Lipinski definition) is 1. The monoisotopic (exact) mass is 384 g/mol. The summed E-state index contributed by atoms with van der Waals surface area (Å²) in [5, 5.41) is 3.75. The van der Waals surface area contributed by atoms with Crippen LogP contribution in [-0.4, -0.2) is 42.1 Å². The summed E-state index contributed by atoms with van der Waals surface area (Å²) < 4.78 is 5.00. The summed E-state index contributed by atoms with van der Waals surface area (Å²) in [6.45, 7) is 9.15. The summed E-state index contributed by atoms with van der Waals surface area (Å²) in [5.41, 5.74) is 3.80. The number of piperidine rings is 1. The number of nitrogens with zero attached hydrogens (tertiary/aromatic N) is 1. The van der Waals surface area contributed by atoms with Gasteiger partial charge in [-0.05, 0) is 69.7 Å². The molecule has 154 valence electrons. The number of aryl methyl sites for hydroxylation is 1. The smallest absolute Gasteiger partial charge is 0.330 e. The van der Waals surface area contributed by atoms with Gasteiger partial charge in [-0.1, -0.05) is 31.4 Å². The van der Waals surface area contributed by atoms with Crippen LogP contribution in [0.1, 0.15) is 69.9 Å². The molecule has 1 saturated heterocycles. The minimum absolute atomic E-state index is 0.289. The van der Waals surface area contributed by atoms with E-state index in [1.165, 1.54) is 69.7 Å². The Bertz CT molecular complexity index is 684. The molecule has 2 aliphatic rings. The molecule has 0 radical (unpaired) electrons. The topological polar surface area (TPSA) is 41.6 Å². The van der Waals surface area contributed by atoms with Crippen LogP contribution in [-0.2, 0) is 9.53 Å². The quantitative estimate of drug-likeness (QED) is 0.543. The Labute approximate surface area is 170 Å². The number of esters is 1. The van der Waals surface area contributed by atoms with Crippen LogP contribution in [0, 0.1) is 6.92 Å². The van der Waals surface area contributed by atoms with Gasteiger partial charge in [0.25, 0.3) is 0 Å². The third-order valence-corrected chi connectivity index (χ3v) is 6.44. The lowest BCUT2D eigenvalue weighted by molar-refractivity contribution is -0.137. The molecule has 1 heterocycles. The van der Waals surface area contributed by atoms with E-state index in [2.05, 4.69) is 42.3 Å². The Hall–Kier alpha value is -1.81. The van der Waals surface area contributed by atoms with Crippen LogP contribution in [0.5, 0.6) is 0 Å². The van der Waals surface area contributed by atoms with E-state index in [0.29, 0.717) is 18.2 Å². The Morgan fingerprint density at radius 3 is 2.64 bits per heavy atom. The van der Waals surface area contributed by atoms with Gasteiger partial charge in [0.15, 0.2) is 0 Å². The number of benzene rings is 1. The van der Waals surface area contributed by atoms with Crippen LogP contribution < -0.4 is 5.32 Å². The van der Waals surface area contributed by atoms with Crippen LogP contribution in [0.25, 0.3) is 6.08 Å². The minimum atomic E-state index is -0.289. The number of ether oxygens (including phenoxy) is 1. The van der Waals surface area contributed by atoms with E-state index in [-0.39, 0.29) is 5.97 Å². The van der Waals surface area contributed by atoms with Gasteiger partial charge in [0.2, 0.25) is 0 Å². The van der Waals surface area contributed by atoms with E-state index in [0.717, 1.165) is 11.3 Å². The second kappa shape index (κ2) is 9.60. The first-order valence-electron chi connectivity index (χ1n) is 11.0. The van der Waals surface area contributed by atoms with Crippen molar-refractivity contribution < 1.29 is 9.53 Å². The maximum absolute atomic E-state index is 11.7. The van der Waals surface area contributed by atoms with Gasteiger partial charge in [0.05, 0.1) is 6.61 Å². The minimum Gasteiger partial charge on any atom is -0.463 e. The van der Waals surface area contributed by atoms with E-state index in [9.17, 15) is 4.79 Å². The van der Waals surface area contributed by atoms with Gasteiger partial charge in [-0.15, -0.1) is 0 Å². The second-order valence-electron chi connectivity index (χ2n) is 8.64. The molecule has 28 heavy (non-hydrogen) atoms. The Morgan fingerprint density at radius 2 is 1.96 bits per heavy atom. The van der Waals surface area contributed by atoms with Crippen LogP contribution in [0.3, 0.4) is 0 Å². The van der Waals surface area contributed by atoms with Gasteiger partial charge >= 0.3 is 5.97 Å². The summed E-state index contributed by atoms with van der Waals surface area (Å²) in [6.07, 6.45) is 12.6. The van der Waals surface area contributed by atoms with Crippen molar-refractivity contribution in [2.45, 2.75) is 77.3 Å². The first-order valence-corrected chi connectivity index (χ1v) is 11.0. The van der Waals surface area contributed by atoms with E-state index in [4.69, 9.17) is 4.74 Å². The second-order valence-corrected chi connectivity index (χ2v) is 8.64. The zero-order chi connectivity index (χ0) is 20.0. The number of carbonyl (C=O) groups is 1. The lowest BCUT2D eigenvalue weighted by Gasteiger charge is -2.47. The molecule has 4 nitrogen and oxygen atoms in total.